The first kappa shape index (κ1) is 15.1. The minimum atomic E-state index is -1.10. The molecule has 1 aromatic rings. The molecule has 120 valence electrons. The van der Waals surface area contributed by atoms with Crippen molar-refractivity contribution in [2.45, 2.75) is 23.8 Å². The summed E-state index contributed by atoms with van der Waals surface area (Å²) in [6.45, 7) is 1.06. The van der Waals surface area contributed by atoms with Gasteiger partial charge in [-0.3, -0.25) is 9.69 Å². The van der Waals surface area contributed by atoms with Gasteiger partial charge in [0.2, 0.25) is 5.91 Å². The van der Waals surface area contributed by atoms with Crippen LogP contribution in [-0.2, 0) is 4.79 Å². The molecule has 1 saturated heterocycles. The highest BCUT2D eigenvalue weighted by Gasteiger charge is 2.47. The number of anilines is 1. The third-order valence-corrected chi connectivity index (χ3v) is 4.98. The summed E-state index contributed by atoms with van der Waals surface area (Å²) in [6.07, 6.45) is 2.32. The van der Waals surface area contributed by atoms with Crippen LogP contribution in [0.25, 0.3) is 0 Å². The van der Waals surface area contributed by atoms with E-state index in [-0.39, 0.29) is 11.4 Å². The van der Waals surface area contributed by atoms with E-state index >= 15 is 0 Å². The van der Waals surface area contributed by atoms with Gasteiger partial charge in [-0.25, -0.2) is 9.48 Å². The van der Waals surface area contributed by atoms with Gasteiger partial charge in [-0.1, -0.05) is 15.9 Å². The highest BCUT2D eigenvalue weighted by Crippen LogP contribution is 2.37. The Hall–Kier alpha value is -1.77. The zero-order chi connectivity index (χ0) is 15.9. The molecule has 2 fully saturated rings. The van der Waals surface area contributed by atoms with Gasteiger partial charge in [-0.05, 0) is 18.8 Å². The van der Waals surface area contributed by atoms with E-state index in [9.17, 15) is 14.7 Å². The summed E-state index contributed by atoms with van der Waals surface area (Å²) in [5.74, 6) is 0.182. The molecule has 9 heteroatoms. The number of alkyl halides is 1. The maximum atomic E-state index is 11.7. The van der Waals surface area contributed by atoms with Crippen molar-refractivity contribution < 1.29 is 14.7 Å². The molecule has 3 unspecified atom stereocenters. The lowest BCUT2D eigenvalue weighted by Crippen LogP contribution is -2.38. The van der Waals surface area contributed by atoms with Crippen LogP contribution in [0.1, 0.15) is 19.0 Å². The summed E-state index contributed by atoms with van der Waals surface area (Å²) >= 11 is 3.35. The molecule has 3 atom stereocenters. The minimum Gasteiger partial charge on any atom is -0.465 e. The van der Waals surface area contributed by atoms with Crippen LogP contribution < -0.4 is 11.1 Å². The molecule has 0 bridgehead atoms. The molecule has 1 aliphatic carbocycles. The first-order valence-corrected chi connectivity index (χ1v) is 8.11. The zero-order valence-corrected chi connectivity index (χ0v) is 13.4. The van der Waals surface area contributed by atoms with Crippen molar-refractivity contribution in [3.05, 3.63) is 12.3 Å². The van der Waals surface area contributed by atoms with Crippen molar-refractivity contribution in [2.24, 2.45) is 17.6 Å². The van der Waals surface area contributed by atoms with E-state index in [0.29, 0.717) is 11.7 Å². The molecular weight excluding hydrogens is 354 g/mol. The number of nitrogens with zero attached hydrogens (tertiary/aromatic N) is 3. The molecule has 2 amide bonds. The van der Waals surface area contributed by atoms with Gasteiger partial charge in [0.1, 0.15) is 12.0 Å². The number of nitrogens with two attached hydrogens (primary N) is 1. The number of carbonyl (C=O) groups is 2. The minimum absolute atomic E-state index is 0.193. The van der Waals surface area contributed by atoms with E-state index in [0.717, 1.165) is 6.54 Å². The van der Waals surface area contributed by atoms with E-state index in [4.69, 9.17) is 5.73 Å². The number of nitrogens with one attached hydrogen (secondary N) is 1. The number of halogens is 1. The van der Waals surface area contributed by atoms with Crippen LogP contribution in [0.3, 0.4) is 0 Å². The first-order valence-electron chi connectivity index (χ1n) is 7.19. The third kappa shape index (κ3) is 2.90. The van der Waals surface area contributed by atoms with Crippen molar-refractivity contribution in [3.63, 3.8) is 0 Å². The molecule has 0 aromatic carbocycles. The van der Waals surface area contributed by atoms with Crippen LogP contribution in [0.2, 0.25) is 0 Å². The average Bonchev–Trinajstić information content (AvgIpc) is 3.04. The topological polar surface area (TPSA) is 113 Å². The number of primary amides is 1. The van der Waals surface area contributed by atoms with Gasteiger partial charge >= 0.3 is 6.09 Å². The highest BCUT2D eigenvalue weighted by atomic mass is 79.9. The summed E-state index contributed by atoms with van der Waals surface area (Å²) < 4.78 is 1.50. The van der Waals surface area contributed by atoms with Crippen LogP contribution in [0.15, 0.2) is 12.3 Å². The van der Waals surface area contributed by atoms with Gasteiger partial charge in [0.05, 0.1) is 5.92 Å². The Kier molecular flexibility index (Phi) is 3.98. The van der Waals surface area contributed by atoms with Gasteiger partial charge in [0.25, 0.3) is 0 Å². The van der Waals surface area contributed by atoms with Crippen molar-refractivity contribution in [3.8, 4) is 0 Å². The number of aromatic nitrogens is 2. The van der Waals surface area contributed by atoms with Gasteiger partial charge < -0.3 is 16.2 Å². The van der Waals surface area contributed by atoms with Gasteiger partial charge in [0.15, 0.2) is 0 Å². The van der Waals surface area contributed by atoms with Gasteiger partial charge in [-0.15, -0.1) is 0 Å². The summed E-state index contributed by atoms with van der Waals surface area (Å²) in [5.41, 5.74) is 5.45. The number of rotatable bonds is 5. The second-order valence-electron chi connectivity index (χ2n) is 5.80. The Balaban J connectivity index is 1.81. The number of likely N-dealkylation sites (tertiary alicyclic amines) is 1. The van der Waals surface area contributed by atoms with Crippen LogP contribution in [0, 0.1) is 11.8 Å². The maximum Gasteiger partial charge on any atom is 0.409 e. The quantitative estimate of drug-likeness (QED) is 0.669. The Morgan fingerprint density at radius 1 is 1.50 bits per heavy atom. The second kappa shape index (κ2) is 5.79. The second-order valence-corrected chi connectivity index (χ2v) is 6.97. The number of amides is 2. The molecule has 2 heterocycles. The van der Waals surface area contributed by atoms with E-state index in [1.54, 1.807) is 12.3 Å². The first-order chi connectivity index (χ1) is 10.5. The number of hydrogen-bond donors (Lipinski definition) is 3. The van der Waals surface area contributed by atoms with E-state index in [2.05, 4.69) is 26.3 Å². The average molecular weight is 372 g/mol. The standard InChI is InChI=1S/C13H18BrN5O3/c14-8-6-18(13(21)22)12(10(8)11(15)20)19-4-3-9(17-19)16-5-7-1-2-7/h3-4,7-8,10,12H,1-2,5-6H2,(H2,15,20)(H,16,17)(H,21,22). The highest BCUT2D eigenvalue weighted by molar-refractivity contribution is 9.09. The van der Waals surface area contributed by atoms with Crippen LogP contribution in [0.4, 0.5) is 10.6 Å². The van der Waals surface area contributed by atoms with E-state index in [1.165, 1.54) is 22.4 Å². The Labute approximate surface area is 135 Å². The Morgan fingerprint density at radius 3 is 2.82 bits per heavy atom. The molecule has 2 aliphatic rings. The molecule has 8 nitrogen and oxygen atoms in total. The van der Waals surface area contributed by atoms with Crippen LogP contribution >= 0.6 is 15.9 Å². The molecule has 1 aromatic heterocycles. The molecule has 0 spiro atoms. The summed E-state index contributed by atoms with van der Waals surface area (Å²) in [5, 5.41) is 16.9. The Morgan fingerprint density at radius 2 is 2.23 bits per heavy atom. The number of carbonyl (C=O) groups excluding carboxylic acids is 1. The fraction of sp³-hybridized carbons (Fsp3) is 0.615. The van der Waals surface area contributed by atoms with Crippen LogP contribution in [0.5, 0.6) is 0 Å². The Bertz CT molecular complexity index is 588. The lowest BCUT2D eigenvalue weighted by atomic mass is 10.1. The summed E-state index contributed by atoms with van der Waals surface area (Å²) in [6, 6.07) is 1.78. The van der Waals surface area contributed by atoms with E-state index in [1.807, 2.05) is 0 Å². The predicted octanol–water partition coefficient (Wildman–Crippen LogP) is 1.06. The lowest BCUT2D eigenvalue weighted by molar-refractivity contribution is -0.123. The molecule has 1 aliphatic heterocycles. The fourth-order valence-corrected chi connectivity index (χ4v) is 3.61. The van der Waals surface area contributed by atoms with Crippen molar-refractivity contribution in [1.82, 2.24) is 14.7 Å². The normalized spacial score (nSPS) is 27.9. The monoisotopic (exact) mass is 371 g/mol. The largest absolute Gasteiger partial charge is 0.465 e. The molecule has 1 saturated carbocycles. The molecule has 22 heavy (non-hydrogen) atoms. The summed E-state index contributed by atoms with van der Waals surface area (Å²) in [4.78, 5) is 24.0. The van der Waals surface area contributed by atoms with Gasteiger partial charge in [-0.2, -0.15) is 5.10 Å². The van der Waals surface area contributed by atoms with Gasteiger partial charge in [0, 0.05) is 30.2 Å². The number of hydrogen-bond acceptors (Lipinski definition) is 4. The predicted molar refractivity (Wildman–Crippen MR) is 82.6 cm³/mol. The number of carboxylic acid groups (broad SMARTS) is 1. The van der Waals surface area contributed by atoms with E-state index < -0.39 is 24.1 Å². The van der Waals surface area contributed by atoms with Crippen molar-refractivity contribution in [2.75, 3.05) is 18.4 Å². The third-order valence-electron chi connectivity index (χ3n) is 4.12. The van der Waals surface area contributed by atoms with Crippen molar-refractivity contribution >= 4 is 33.7 Å². The maximum absolute atomic E-state index is 11.7. The molecule has 3 rings (SSSR count). The molecule has 4 N–H and O–H groups in total. The van der Waals surface area contributed by atoms with Crippen LogP contribution in [-0.4, -0.2) is 49.7 Å². The van der Waals surface area contributed by atoms with Crippen molar-refractivity contribution in [1.29, 1.82) is 0 Å². The molecular formula is C13H18BrN5O3. The smallest absolute Gasteiger partial charge is 0.409 e. The summed E-state index contributed by atoms with van der Waals surface area (Å²) in [7, 11) is 0. The SMILES string of the molecule is NC(=O)C1C(Br)CN(C(=O)O)C1n1ccc(NCC2CC2)n1. The lowest BCUT2D eigenvalue weighted by Gasteiger charge is -2.24. The fourth-order valence-electron chi connectivity index (χ4n) is 2.76. The zero-order valence-electron chi connectivity index (χ0n) is 11.9. The molecule has 0 radical (unpaired) electrons.